The summed E-state index contributed by atoms with van der Waals surface area (Å²) >= 11 is 0. The Hall–Kier alpha value is -2.71. The molecule has 0 spiro atoms. The smallest absolute Gasteiger partial charge is 0.240 e. The van der Waals surface area contributed by atoms with Crippen LogP contribution in [0.15, 0.2) is 53.4 Å². The lowest BCUT2D eigenvalue weighted by Gasteiger charge is -2.09. The average Bonchev–Trinajstić information content (AvgIpc) is 2.67. The van der Waals surface area contributed by atoms with Gasteiger partial charge in [-0.2, -0.15) is 0 Å². The van der Waals surface area contributed by atoms with E-state index in [1.54, 1.807) is 12.1 Å². The maximum atomic E-state index is 12.3. The number of rotatable bonds is 9. The third-order valence-electron chi connectivity index (χ3n) is 4.21. The van der Waals surface area contributed by atoms with Crippen LogP contribution in [0.1, 0.15) is 23.1 Å². The molecule has 2 amide bonds. The SMILES string of the molecule is Cc1ccc(S(=O)(=O)NCCC(=O)NCC(=O)NCc2ccccc2)cc1C. The second-order valence-corrected chi connectivity index (χ2v) is 8.20. The highest BCUT2D eigenvalue weighted by Gasteiger charge is 2.15. The van der Waals surface area contributed by atoms with Gasteiger partial charge in [0.05, 0.1) is 11.4 Å². The van der Waals surface area contributed by atoms with Crippen LogP contribution in [0.5, 0.6) is 0 Å². The summed E-state index contributed by atoms with van der Waals surface area (Å²) in [6.45, 7) is 3.91. The zero-order valence-corrected chi connectivity index (χ0v) is 16.8. The molecule has 3 N–H and O–H groups in total. The van der Waals surface area contributed by atoms with E-state index >= 15 is 0 Å². The van der Waals surface area contributed by atoms with E-state index in [4.69, 9.17) is 0 Å². The van der Waals surface area contributed by atoms with Gasteiger partial charge in [-0.3, -0.25) is 9.59 Å². The summed E-state index contributed by atoms with van der Waals surface area (Å²) in [6, 6.07) is 14.3. The van der Waals surface area contributed by atoms with Crippen molar-refractivity contribution in [2.24, 2.45) is 0 Å². The van der Waals surface area contributed by atoms with E-state index in [1.165, 1.54) is 6.07 Å². The summed E-state index contributed by atoms with van der Waals surface area (Å²) in [5.41, 5.74) is 2.84. The lowest BCUT2D eigenvalue weighted by molar-refractivity contribution is -0.126. The van der Waals surface area contributed by atoms with Crippen LogP contribution >= 0.6 is 0 Å². The Kier molecular flexibility index (Phi) is 7.71. The van der Waals surface area contributed by atoms with Crippen LogP contribution in [-0.4, -0.2) is 33.3 Å². The summed E-state index contributed by atoms with van der Waals surface area (Å²) in [7, 11) is -3.68. The molecule has 0 aromatic heterocycles. The van der Waals surface area contributed by atoms with E-state index in [0.29, 0.717) is 6.54 Å². The van der Waals surface area contributed by atoms with Crippen molar-refractivity contribution >= 4 is 21.8 Å². The Bertz CT molecular complexity index is 928. The van der Waals surface area contributed by atoms with Crippen molar-refractivity contribution in [3.8, 4) is 0 Å². The van der Waals surface area contributed by atoms with Crippen molar-refractivity contribution < 1.29 is 18.0 Å². The van der Waals surface area contributed by atoms with E-state index in [1.807, 2.05) is 44.2 Å². The minimum atomic E-state index is -3.68. The van der Waals surface area contributed by atoms with Gasteiger partial charge >= 0.3 is 0 Å². The van der Waals surface area contributed by atoms with E-state index in [9.17, 15) is 18.0 Å². The molecule has 2 aromatic rings. The molecule has 0 atom stereocenters. The monoisotopic (exact) mass is 403 g/mol. The van der Waals surface area contributed by atoms with Gasteiger partial charge in [-0.15, -0.1) is 0 Å². The number of carbonyl (C=O) groups is 2. The molecule has 2 aromatic carbocycles. The quantitative estimate of drug-likeness (QED) is 0.589. The van der Waals surface area contributed by atoms with Crippen LogP contribution in [-0.2, 0) is 26.2 Å². The largest absolute Gasteiger partial charge is 0.350 e. The number of hydrogen-bond donors (Lipinski definition) is 3. The van der Waals surface area contributed by atoms with Crippen LogP contribution in [0.3, 0.4) is 0 Å². The molecule has 7 nitrogen and oxygen atoms in total. The zero-order chi connectivity index (χ0) is 20.6. The topological polar surface area (TPSA) is 104 Å². The first kappa shape index (κ1) is 21.6. The maximum absolute atomic E-state index is 12.3. The third-order valence-corrected chi connectivity index (χ3v) is 5.67. The second kappa shape index (κ2) is 10.0. The molecular weight excluding hydrogens is 378 g/mol. The number of hydrogen-bond acceptors (Lipinski definition) is 4. The first-order valence-electron chi connectivity index (χ1n) is 8.92. The number of nitrogens with one attached hydrogen (secondary N) is 3. The van der Waals surface area contributed by atoms with Crippen molar-refractivity contribution in [3.63, 3.8) is 0 Å². The van der Waals surface area contributed by atoms with Crippen molar-refractivity contribution in [3.05, 3.63) is 65.2 Å². The minimum Gasteiger partial charge on any atom is -0.350 e. The van der Waals surface area contributed by atoms with Gasteiger partial charge < -0.3 is 10.6 Å². The van der Waals surface area contributed by atoms with Gasteiger partial charge in [0.2, 0.25) is 21.8 Å². The van der Waals surface area contributed by atoms with Gasteiger partial charge in [0, 0.05) is 19.5 Å². The Morgan fingerprint density at radius 2 is 1.61 bits per heavy atom. The molecule has 8 heteroatoms. The molecule has 0 radical (unpaired) electrons. The van der Waals surface area contributed by atoms with Crippen LogP contribution in [0, 0.1) is 13.8 Å². The van der Waals surface area contributed by atoms with E-state index in [-0.39, 0.29) is 30.3 Å². The van der Waals surface area contributed by atoms with Crippen molar-refractivity contribution in [1.29, 1.82) is 0 Å². The number of sulfonamides is 1. The fourth-order valence-electron chi connectivity index (χ4n) is 2.39. The van der Waals surface area contributed by atoms with E-state index in [2.05, 4.69) is 15.4 Å². The Morgan fingerprint density at radius 1 is 0.893 bits per heavy atom. The highest BCUT2D eigenvalue weighted by Crippen LogP contribution is 2.14. The van der Waals surface area contributed by atoms with Gasteiger partial charge in [0.25, 0.3) is 0 Å². The summed E-state index contributed by atoms with van der Waals surface area (Å²) in [5, 5.41) is 5.18. The summed E-state index contributed by atoms with van der Waals surface area (Å²) in [6.07, 6.45) is -0.0595. The molecule has 0 fully saturated rings. The Morgan fingerprint density at radius 3 is 2.29 bits per heavy atom. The third kappa shape index (κ3) is 6.79. The first-order chi connectivity index (χ1) is 13.3. The van der Waals surface area contributed by atoms with Crippen LogP contribution in [0.25, 0.3) is 0 Å². The zero-order valence-electron chi connectivity index (χ0n) is 16.0. The predicted molar refractivity (Wildman–Crippen MR) is 107 cm³/mol. The molecule has 0 heterocycles. The van der Waals surface area contributed by atoms with Gasteiger partial charge in [0.1, 0.15) is 0 Å². The molecule has 0 aliphatic carbocycles. The molecule has 150 valence electrons. The highest BCUT2D eigenvalue weighted by atomic mass is 32.2. The number of benzene rings is 2. The lowest BCUT2D eigenvalue weighted by atomic mass is 10.1. The standard InChI is InChI=1S/C20H25N3O4S/c1-15-8-9-18(12-16(15)2)28(26,27)23-11-10-19(24)22-14-20(25)21-13-17-6-4-3-5-7-17/h3-9,12,23H,10-11,13-14H2,1-2H3,(H,21,25)(H,22,24). The first-order valence-corrected chi connectivity index (χ1v) is 10.4. The molecule has 0 saturated carbocycles. The Labute approximate surface area is 165 Å². The lowest BCUT2D eigenvalue weighted by Crippen LogP contribution is -2.38. The molecule has 0 unspecified atom stereocenters. The summed E-state index contributed by atoms with van der Waals surface area (Å²) < 4.78 is 26.9. The normalized spacial score (nSPS) is 11.1. The molecule has 2 rings (SSSR count). The van der Waals surface area contributed by atoms with Crippen LogP contribution in [0.2, 0.25) is 0 Å². The number of amides is 2. The molecule has 0 aliphatic rings. The van der Waals surface area contributed by atoms with Crippen molar-refractivity contribution in [2.75, 3.05) is 13.1 Å². The average molecular weight is 404 g/mol. The van der Waals surface area contributed by atoms with Gasteiger partial charge in [-0.05, 0) is 42.7 Å². The molecule has 0 bridgehead atoms. The molecule has 28 heavy (non-hydrogen) atoms. The van der Waals surface area contributed by atoms with Crippen LogP contribution < -0.4 is 15.4 Å². The summed E-state index contributed by atoms with van der Waals surface area (Å²) in [5.74, 6) is -0.717. The maximum Gasteiger partial charge on any atom is 0.240 e. The predicted octanol–water partition coefficient (Wildman–Crippen LogP) is 1.40. The fourth-order valence-corrected chi connectivity index (χ4v) is 3.51. The van der Waals surface area contributed by atoms with E-state index in [0.717, 1.165) is 16.7 Å². The summed E-state index contributed by atoms with van der Waals surface area (Å²) in [4.78, 5) is 23.7. The van der Waals surface area contributed by atoms with Crippen molar-refractivity contribution in [2.45, 2.75) is 31.7 Å². The van der Waals surface area contributed by atoms with Crippen molar-refractivity contribution in [1.82, 2.24) is 15.4 Å². The van der Waals surface area contributed by atoms with Crippen LogP contribution in [0.4, 0.5) is 0 Å². The molecule has 0 saturated heterocycles. The second-order valence-electron chi connectivity index (χ2n) is 6.43. The van der Waals surface area contributed by atoms with Gasteiger partial charge in [-0.1, -0.05) is 36.4 Å². The minimum absolute atomic E-state index is 0.0489. The molecular formula is C20H25N3O4S. The van der Waals surface area contributed by atoms with Gasteiger partial charge in [-0.25, -0.2) is 13.1 Å². The fraction of sp³-hybridized carbons (Fsp3) is 0.300. The number of aryl methyl sites for hydroxylation is 2. The number of carbonyl (C=O) groups excluding carboxylic acids is 2. The highest BCUT2D eigenvalue weighted by molar-refractivity contribution is 7.89. The molecule has 0 aliphatic heterocycles. The van der Waals surface area contributed by atoms with E-state index < -0.39 is 15.9 Å². The Balaban J connectivity index is 1.70. The van der Waals surface area contributed by atoms with Gasteiger partial charge in [0.15, 0.2) is 0 Å².